The summed E-state index contributed by atoms with van der Waals surface area (Å²) in [5.41, 5.74) is 2.59. The van der Waals surface area contributed by atoms with Crippen LogP contribution in [0.1, 0.15) is 6.42 Å². The van der Waals surface area contributed by atoms with E-state index < -0.39 is 6.10 Å². The van der Waals surface area contributed by atoms with Crippen LogP contribution >= 0.6 is 0 Å². The topological polar surface area (TPSA) is 64.8 Å². The van der Waals surface area contributed by atoms with E-state index in [0.29, 0.717) is 6.42 Å². The van der Waals surface area contributed by atoms with Crippen molar-refractivity contribution in [3.8, 4) is 0 Å². The molecule has 2 atom stereocenters. The highest BCUT2D eigenvalue weighted by atomic mass is 16.3. The highest BCUT2D eigenvalue weighted by molar-refractivity contribution is 5.58. The molecule has 0 bridgehead atoms. The summed E-state index contributed by atoms with van der Waals surface area (Å²) in [4.78, 5) is 0. The Morgan fingerprint density at radius 1 is 1.78 bits per heavy atom. The second-order valence-electron chi connectivity index (χ2n) is 2.03. The number of nitrogens with one attached hydrogen (secondary N) is 1. The van der Waals surface area contributed by atoms with E-state index in [9.17, 15) is 0 Å². The Balaban J connectivity index is 2.43. The fourth-order valence-corrected chi connectivity index (χ4v) is 0.722. The van der Waals surface area contributed by atoms with Crippen LogP contribution in [0.4, 0.5) is 0 Å². The number of hydrogen-bond donors (Lipinski definition) is 3. The summed E-state index contributed by atoms with van der Waals surface area (Å²) in [5, 5.41) is 21.3. The summed E-state index contributed by atoms with van der Waals surface area (Å²) in [5.74, 6) is 0. The first-order valence-corrected chi connectivity index (χ1v) is 2.90. The van der Waals surface area contributed by atoms with E-state index in [1.165, 1.54) is 0 Å². The second kappa shape index (κ2) is 2.80. The molecule has 0 amide bonds. The van der Waals surface area contributed by atoms with Crippen molar-refractivity contribution in [1.29, 1.82) is 0 Å². The summed E-state index contributed by atoms with van der Waals surface area (Å²) < 4.78 is 0. The largest absolute Gasteiger partial charge is 0.394 e. The molecule has 0 aliphatic carbocycles. The van der Waals surface area contributed by atoms with Gasteiger partial charge >= 0.3 is 0 Å². The number of aliphatic hydroxyl groups is 2. The van der Waals surface area contributed by atoms with Crippen molar-refractivity contribution in [2.75, 3.05) is 6.61 Å². The normalized spacial score (nSPS) is 34.0. The zero-order chi connectivity index (χ0) is 6.69. The quantitative estimate of drug-likeness (QED) is 0.413. The minimum Gasteiger partial charge on any atom is -0.394 e. The standard InChI is InChI=1S/C5H10N2O2/c8-3-4-5(9)1-2-6-7-4/h2,4-5,7-9H,1,3H2/t4-,5+/m1/s1. The Bertz CT molecular complexity index is 116. The molecule has 0 aromatic rings. The number of nitrogens with zero attached hydrogens (tertiary/aromatic N) is 1. The van der Waals surface area contributed by atoms with E-state index in [1.54, 1.807) is 6.21 Å². The molecule has 0 spiro atoms. The maximum absolute atomic E-state index is 9.06. The van der Waals surface area contributed by atoms with Crippen LogP contribution in [0, 0.1) is 0 Å². The molecule has 0 fully saturated rings. The molecule has 1 aliphatic rings. The van der Waals surface area contributed by atoms with Crippen molar-refractivity contribution in [3.63, 3.8) is 0 Å². The Morgan fingerprint density at radius 3 is 3.00 bits per heavy atom. The molecule has 4 nitrogen and oxygen atoms in total. The minimum atomic E-state index is -0.493. The van der Waals surface area contributed by atoms with Gasteiger partial charge in [0.05, 0.1) is 18.8 Å². The highest BCUT2D eigenvalue weighted by Gasteiger charge is 2.18. The predicted octanol–water partition coefficient (Wildman–Crippen LogP) is -1.31. The highest BCUT2D eigenvalue weighted by Crippen LogP contribution is 2.00. The first kappa shape index (κ1) is 6.51. The second-order valence-corrected chi connectivity index (χ2v) is 2.03. The smallest absolute Gasteiger partial charge is 0.0932 e. The molecule has 4 heteroatoms. The van der Waals surface area contributed by atoms with Gasteiger partial charge in [0, 0.05) is 12.6 Å². The third-order valence-corrected chi connectivity index (χ3v) is 1.34. The maximum Gasteiger partial charge on any atom is 0.0932 e. The predicted molar refractivity (Wildman–Crippen MR) is 33.1 cm³/mol. The van der Waals surface area contributed by atoms with Gasteiger partial charge in [-0.25, -0.2) is 0 Å². The Kier molecular flexibility index (Phi) is 2.02. The van der Waals surface area contributed by atoms with Crippen LogP contribution in [-0.2, 0) is 0 Å². The summed E-state index contributed by atoms with van der Waals surface area (Å²) in [7, 11) is 0. The van der Waals surface area contributed by atoms with Crippen LogP contribution in [0.25, 0.3) is 0 Å². The van der Waals surface area contributed by atoms with Crippen LogP contribution in [0.5, 0.6) is 0 Å². The molecular formula is C5H10N2O2. The van der Waals surface area contributed by atoms with Gasteiger partial charge in [0.15, 0.2) is 0 Å². The summed E-state index contributed by atoms with van der Waals surface area (Å²) in [6.45, 7) is -0.0709. The maximum atomic E-state index is 9.06. The van der Waals surface area contributed by atoms with Gasteiger partial charge < -0.3 is 15.6 Å². The Labute approximate surface area is 53.2 Å². The SMILES string of the molecule is OC[C@H]1NN=CC[C@@H]1O. The van der Waals surface area contributed by atoms with Gasteiger partial charge in [-0.15, -0.1) is 0 Å². The van der Waals surface area contributed by atoms with Gasteiger partial charge in [-0.3, -0.25) is 0 Å². The van der Waals surface area contributed by atoms with Crippen molar-refractivity contribution in [2.24, 2.45) is 5.10 Å². The molecule has 0 saturated heterocycles. The first-order valence-electron chi connectivity index (χ1n) is 2.90. The van der Waals surface area contributed by atoms with Crippen LogP contribution in [-0.4, -0.2) is 35.2 Å². The van der Waals surface area contributed by atoms with Gasteiger partial charge in [0.1, 0.15) is 0 Å². The molecule has 3 N–H and O–H groups in total. The lowest BCUT2D eigenvalue weighted by molar-refractivity contribution is 0.0913. The van der Waals surface area contributed by atoms with Gasteiger partial charge in [0.2, 0.25) is 0 Å². The number of rotatable bonds is 1. The lowest BCUT2D eigenvalue weighted by atomic mass is 10.1. The average molecular weight is 130 g/mol. The summed E-state index contributed by atoms with van der Waals surface area (Å²) in [6, 6.07) is -0.282. The Hall–Kier alpha value is -0.610. The van der Waals surface area contributed by atoms with Crippen molar-refractivity contribution in [3.05, 3.63) is 0 Å². The van der Waals surface area contributed by atoms with Gasteiger partial charge in [-0.2, -0.15) is 5.10 Å². The van der Waals surface area contributed by atoms with Crippen LogP contribution < -0.4 is 5.43 Å². The summed E-state index contributed by atoms with van der Waals surface area (Å²) in [6.07, 6.45) is 1.63. The van der Waals surface area contributed by atoms with E-state index in [4.69, 9.17) is 10.2 Å². The fraction of sp³-hybridized carbons (Fsp3) is 0.800. The molecule has 0 aromatic heterocycles. The van der Waals surface area contributed by atoms with E-state index in [2.05, 4.69) is 10.5 Å². The fourth-order valence-electron chi connectivity index (χ4n) is 0.722. The van der Waals surface area contributed by atoms with Crippen molar-refractivity contribution in [2.45, 2.75) is 18.6 Å². The third kappa shape index (κ3) is 1.40. The van der Waals surface area contributed by atoms with E-state index in [0.717, 1.165) is 0 Å². The van der Waals surface area contributed by atoms with Crippen LogP contribution in [0.2, 0.25) is 0 Å². The Morgan fingerprint density at radius 2 is 2.56 bits per heavy atom. The van der Waals surface area contributed by atoms with E-state index in [1.807, 2.05) is 0 Å². The lowest BCUT2D eigenvalue weighted by Gasteiger charge is -2.22. The zero-order valence-electron chi connectivity index (χ0n) is 4.99. The van der Waals surface area contributed by atoms with Gasteiger partial charge in [-0.1, -0.05) is 0 Å². The van der Waals surface area contributed by atoms with E-state index >= 15 is 0 Å². The summed E-state index contributed by atoms with van der Waals surface area (Å²) >= 11 is 0. The monoisotopic (exact) mass is 130 g/mol. The molecule has 0 saturated carbocycles. The lowest BCUT2D eigenvalue weighted by Crippen LogP contribution is -2.43. The molecular weight excluding hydrogens is 120 g/mol. The molecule has 1 heterocycles. The van der Waals surface area contributed by atoms with Crippen LogP contribution in [0.15, 0.2) is 5.10 Å². The van der Waals surface area contributed by atoms with Gasteiger partial charge in [0.25, 0.3) is 0 Å². The van der Waals surface area contributed by atoms with Gasteiger partial charge in [-0.05, 0) is 0 Å². The molecule has 0 aromatic carbocycles. The molecule has 9 heavy (non-hydrogen) atoms. The molecule has 0 radical (unpaired) electrons. The number of hydrogen-bond acceptors (Lipinski definition) is 4. The molecule has 0 unspecified atom stereocenters. The average Bonchev–Trinajstić information content (AvgIpc) is 1.89. The first-order chi connectivity index (χ1) is 4.34. The zero-order valence-corrected chi connectivity index (χ0v) is 4.99. The van der Waals surface area contributed by atoms with E-state index in [-0.39, 0.29) is 12.6 Å². The minimum absolute atomic E-state index is 0.0709. The molecule has 1 aliphatic heterocycles. The molecule has 1 rings (SSSR count). The van der Waals surface area contributed by atoms with Crippen molar-refractivity contribution < 1.29 is 10.2 Å². The number of hydrazone groups is 1. The van der Waals surface area contributed by atoms with Crippen LogP contribution in [0.3, 0.4) is 0 Å². The van der Waals surface area contributed by atoms with Crippen molar-refractivity contribution in [1.82, 2.24) is 5.43 Å². The third-order valence-electron chi connectivity index (χ3n) is 1.34. The molecule has 52 valence electrons. The van der Waals surface area contributed by atoms with Crippen molar-refractivity contribution >= 4 is 6.21 Å². The number of aliphatic hydroxyl groups excluding tert-OH is 2.